The number of rotatable bonds is 1. The van der Waals surface area contributed by atoms with Crippen LogP contribution in [-0.2, 0) is 4.74 Å². The van der Waals surface area contributed by atoms with Crippen LogP contribution in [-0.4, -0.2) is 54.5 Å². The first-order valence-electron chi connectivity index (χ1n) is 5.29. The van der Waals surface area contributed by atoms with Crippen LogP contribution in [0.1, 0.15) is 13.2 Å². The molecule has 2 heterocycles. The van der Waals surface area contributed by atoms with E-state index in [0.29, 0.717) is 4.68 Å². The second-order valence-corrected chi connectivity index (χ2v) is 4.09. The minimum absolute atomic E-state index is 0.685. The standard InChI is InChI=1S/C9H13N3O6/c1-3-5(14)6(15)7(16)8(18-3)12-9(17)11-4(13)2-10-12/h2-3,5-8,14-16H,1H3,(H,11,13,17)/t3-,5-,6-,7-,8+/m0/s1. The summed E-state index contributed by atoms with van der Waals surface area (Å²) in [6.07, 6.45) is -5.50. The van der Waals surface area contributed by atoms with Gasteiger partial charge in [-0.15, -0.1) is 0 Å². The molecule has 4 N–H and O–H groups in total. The molecule has 5 atom stereocenters. The van der Waals surface area contributed by atoms with Crippen LogP contribution in [0.3, 0.4) is 0 Å². The van der Waals surface area contributed by atoms with Crippen molar-refractivity contribution in [1.82, 2.24) is 14.8 Å². The maximum Gasteiger partial charge on any atom is 0.347 e. The predicted octanol–water partition coefficient (Wildman–Crippen LogP) is -3.07. The number of aliphatic hydroxyl groups excluding tert-OH is 3. The van der Waals surface area contributed by atoms with Crippen LogP contribution in [0.4, 0.5) is 0 Å². The number of nitrogens with zero attached hydrogens (tertiary/aromatic N) is 2. The number of ether oxygens (including phenoxy) is 1. The van der Waals surface area contributed by atoms with Crippen molar-refractivity contribution in [1.29, 1.82) is 0 Å². The number of hydrogen-bond acceptors (Lipinski definition) is 7. The maximum absolute atomic E-state index is 11.5. The van der Waals surface area contributed by atoms with Crippen LogP contribution in [0.15, 0.2) is 15.8 Å². The smallest absolute Gasteiger partial charge is 0.347 e. The fourth-order valence-electron chi connectivity index (χ4n) is 1.77. The lowest BCUT2D eigenvalue weighted by atomic mass is 9.99. The number of H-pyrrole nitrogens is 1. The Kier molecular flexibility index (Phi) is 3.30. The van der Waals surface area contributed by atoms with E-state index in [1.54, 1.807) is 0 Å². The summed E-state index contributed by atoms with van der Waals surface area (Å²) in [7, 11) is 0. The van der Waals surface area contributed by atoms with Gasteiger partial charge in [0.2, 0.25) is 0 Å². The Balaban J connectivity index is 2.38. The minimum Gasteiger partial charge on any atom is -0.388 e. The van der Waals surface area contributed by atoms with Crippen molar-refractivity contribution in [3.63, 3.8) is 0 Å². The molecule has 0 spiro atoms. The molecule has 1 aromatic rings. The fraction of sp³-hybridized carbons (Fsp3) is 0.667. The van der Waals surface area contributed by atoms with Crippen LogP contribution < -0.4 is 11.2 Å². The van der Waals surface area contributed by atoms with Gasteiger partial charge < -0.3 is 20.1 Å². The van der Waals surface area contributed by atoms with Crippen molar-refractivity contribution in [2.75, 3.05) is 0 Å². The Morgan fingerprint density at radius 1 is 1.28 bits per heavy atom. The normalized spacial score (nSPS) is 36.6. The van der Waals surface area contributed by atoms with Gasteiger partial charge >= 0.3 is 5.69 Å². The van der Waals surface area contributed by atoms with Gasteiger partial charge in [0.15, 0.2) is 6.23 Å². The van der Waals surface area contributed by atoms with Gasteiger partial charge in [-0.1, -0.05) is 0 Å². The zero-order valence-corrected chi connectivity index (χ0v) is 9.42. The molecule has 1 saturated heterocycles. The summed E-state index contributed by atoms with van der Waals surface area (Å²) in [5.74, 6) is 0. The first-order chi connectivity index (χ1) is 8.41. The summed E-state index contributed by atoms with van der Waals surface area (Å²) in [5.41, 5.74) is -1.56. The summed E-state index contributed by atoms with van der Waals surface area (Å²) < 4.78 is 5.91. The Bertz CT molecular complexity index is 540. The third-order valence-corrected chi connectivity index (χ3v) is 2.81. The summed E-state index contributed by atoms with van der Waals surface area (Å²) in [6, 6.07) is 0. The van der Waals surface area contributed by atoms with Crippen molar-refractivity contribution in [2.45, 2.75) is 37.6 Å². The monoisotopic (exact) mass is 259 g/mol. The van der Waals surface area contributed by atoms with E-state index in [4.69, 9.17) is 4.74 Å². The van der Waals surface area contributed by atoms with E-state index in [2.05, 4.69) is 5.10 Å². The number of aromatic nitrogens is 3. The van der Waals surface area contributed by atoms with Crippen molar-refractivity contribution >= 4 is 0 Å². The first kappa shape index (κ1) is 12.9. The molecular formula is C9H13N3O6. The van der Waals surface area contributed by atoms with Gasteiger partial charge in [-0.3, -0.25) is 9.78 Å². The zero-order valence-electron chi connectivity index (χ0n) is 9.42. The van der Waals surface area contributed by atoms with Crippen molar-refractivity contribution < 1.29 is 20.1 Å². The molecule has 0 radical (unpaired) electrons. The molecule has 2 rings (SSSR count). The highest BCUT2D eigenvalue weighted by Gasteiger charge is 2.43. The van der Waals surface area contributed by atoms with E-state index >= 15 is 0 Å². The van der Waals surface area contributed by atoms with E-state index in [1.165, 1.54) is 6.92 Å². The molecule has 9 heteroatoms. The zero-order chi connectivity index (χ0) is 13.4. The van der Waals surface area contributed by atoms with Gasteiger partial charge in [-0.25, -0.2) is 4.79 Å². The largest absolute Gasteiger partial charge is 0.388 e. The Hall–Kier alpha value is -1.55. The fourth-order valence-corrected chi connectivity index (χ4v) is 1.77. The minimum atomic E-state index is -1.53. The third-order valence-electron chi connectivity index (χ3n) is 2.81. The molecule has 1 aromatic heterocycles. The molecule has 0 bridgehead atoms. The van der Waals surface area contributed by atoms with Crippen LogP contribution in [0, 0.1) is 0 Å². The van der Waals surface area contributed by atoms with E-state index in [0.717, 1.165) is 6.20 Å². The van der Waals surface area contributed by atoms with Gasteiger partial charge in [0, 0.05) is 0 Å². The lowest BCUT2D eigenvalue weighted by Crippen LogP contribution is -2.56. The van der Waals surface area contributed by atoms with Crippen LogP contribution in [0.25, 0.3) is 0 Å². The van der Waals surface area contributed by atoms with E-state index in [1.807, 2.05) is 4.98 Å². The van der Waals surface area contributed by atoms with E-state index in [-0.39, 0.29) is 0 Å². The lowest BCUT2D eigenvalue weighted by molar-refractivity contribution is -0.244. The highest BCUT2D eigenvalue weighted by Crippen LogP contribution is 2.26. The summed E-state index contributed by atoms with van der Waals surface area (Å²) in [5, 5.41) is 32.4. The summed E-state index contributed by atoms with van der Waals surface area (Å²) in [6.45, 7) is 1.48. The second kappa shape index (κ2) is 4.61. The van der Waals surface area contributed by atoms with Gasteiger partial charge in [0.25, 0.3) is 5.56 Å². The van der Waals surface area contributed by atoms with E-state index < -0.39 is 41.9 Å². The second-order valence-electron chi connectivity index (χ2n) is 4.09. The topological polar surface area (TPSA) is 138 Å². The molecular weight excluding hydrogens is 246 g/mol. The lowest BCUT2D eigenvalue weighted by Gasteiger charge is -2.38. The van der Waals surface area contributed by atoms with Gasteiger partial charge in [-0.05, 0) is 6.92 Å². The van der Waals surface area contributed by atoms with Crippen LogP contribution in [0.5, 0.6) is 0 Å². The molecule has 100 valence electrons. The maximum atomic E-state index is 11.5. The van der Waals surface area contributed by atoms with Gasteiger partial charge in [0.1, 0.15) is 24.5 Å². The molecule has 0 aromatic carbocycles. The SMILES string of the molecule is C[C@@H]1O[C@@H](n2ncc(=O)[nH]c2=O)[C@@H](O)[C@@H](O)[C@H]1O. The molecule has 0 amide bonds. The molecule has 1 aliphatic heterocycles. The highest BCUT2D eigenvalue weighted by atomic mass is 16.5. The Morgan fingerprint density at radius 2 is 1.94 bits per heavy atom. The Labute approximate surface area is 100 Å². The molecule has 1 fully saturated rings. The number of aliphatic hydroxyl groups is 3. The van der Waals surface area contributed by atoms with Gasteiger partial charge in [-0.2, -0.15) is 9.78 Å². The molecule has 0 saturated carbocycles. The summed E-state index contributed by atoms with van der Waals surface area (Å²) in [4.78, 5) is 24.3. The summed E-state index contributed by atoms with van der Waals surface area (Å²) >= 11 is 0. The van der Waals surface area contributed by atoms with Crippen molar-refractivity contribution in [2.24, 2.45) is 0 Å². The molecule has 0 aliphatic carbocycles. The van der Waals surface area contributed by atoms with Crippen molar-refractivity contribution in [3.05, 3.63) is 27.0 Å². The third kappa shape index (κ3) is 2.08. The molecule has 9 nitrogen and oxygen atoms in total. The predicted molar refractivity (Wildman–Crippen MR) is 56.7 cm³/mol. The van der Waals surface area contributed by atoms with Crippen LogP contribution >= 0.6 is 0 Å². The quantitative estimate of drug-likeness (QED) is 0.420. The molecule has 18 heavy (non-hydrogen) atoms. The number of aromatic amines is 1. The Morgan fingerprint density at radius 3 is 2.56 bits per heavy atom. The van der Waals surface area contributed by atoms with E-state index in [9.17, 15) is 24.9 Å². The number of hydrogen-bond donors (Lipinski definition) is 4. The average Bonchev–Trinajstić information content (AvgIpc) is 2.32. The number of nitrogens with one attached hydrogen (secondary N) is 1. The average molecular weight is 259 g/mol. The molecule has 1 aliphatic rings. The highest BCUT2D eigenvalue weighted by molar-refractivity contribution is 4.89. The molecule has 0 unspecified atom stereocenters. The van der Waals surface area contributed by atoms with Crippen LogP contribution in [0.2, 0.25) is 0 Å². The van der Waals surface area contributed by atoms with Crippen molar-refractivity contribution in [3.8, 4) is 0 Å². The first-order valence-corrected chi connectivity index (χ1v) is 5.29. The van der Waals surface area contributed by atoms with Gasteiger partial charge in [0.05, 0.1) is 6.10 Å².